The maximum Gasteiger partial charge on any atom is 0.327 e. The van der Waals surface area contributed by atoms with Gasteiger partial charge in [0.05, 0.1) is 12.6 Å². The SMILES string of the molecule is CC(C)c1ccc(C(O)Cn2ccn(C)c2=O)cc1. The lowest BCUT2D eigenvalue weighted by molar-refractivity contribution is 0.155. The van der Waals surface area contributed by atoms with E-state index in [4.69, 9.17) is 0 Å². The molecule has 1 aromatic heterocycles. The van der Waals surface area contributed by atoms with Crippen molar-refractivity contribution in [1.82, 2.24) is 9.13 Å². The zero-order valence-corrected chi connectivity index (χ0v) is 11.6. The van der Waals surface area contributed by atoms with Crippen LogP contribution in [0.25, 0.3) is 0 Å². The first kappa shape index (κ1) is 13.6. The van der Waals surface area contributed by atoms with Gasteiger partial charge in [0.15, 0.2) is 0 Å². The summed E-state index contributed by atoms with van der Waals surface area (Å²) >= 11 is 0. The Morgan fingerprint density at radius 2 is 1.68 bits per heavy atom. The molecule has 1 atom stereocenters. The molecule has 1 aromatic carbocycles. The van der Waals surface area contributed by atoms with Crippen LogP contribution in [0.3, 0.4) is 0 Å². The van der Waals surface area contributed by atoms with Crippen LogP contribution < -0.4 is 5.69 Å². The average molecular weight is 260 g/mol. The highest BCUT2D eigenvalue weighted by Crippen LogP contribution is 2.19. The van der Waals surface area contributed by atoms with Gasteiger partial charge in [0.2, 0.25) is 0 Å². The summed E-state index contributed by atoms with van der Waals surface area (Å²) in [5, 5.41) is 10.2. The van der Waals surface area contributed by atoms with Gasteiger partial charge in [-0.1, -0.05) is 38.1 Å². The van der Waals surface area contributed by atoms with E-state index in [1.54, 1.807) is 19.4 Å². The second-order valence-corrected chi connectivity index (χ2v) is 5.18. The Bertz CT molecular complexity index is 593. The number of nitrogens with zero attached hydrogens (tertiary/aromatic N) is 2. The molecule has 0 aliphatic heterocycles. The zero-order valence-electron chi connectivity index (χ0n) is 11.6. The third kappa shape index (κ3) is 2.96. The molecule has 19 heavy (non-hydrogen) atoms. The second kappa shape index (κ2) is 5.45. The predicted octanol–water partition coefficient (Wildman–Crippen LogP) is 2.04. The summed E-state index contributed by atoms with van der Waals surface area (Å²) in [6.45, 7) is 4.55. The van der Waals surface area contributed by atoms with Crippen molar-refractivity contribution in [3.05, 3.63) is 58.3 Å². The first-order valence-corrected chi connectivity index (χ1v) is 6.48. The first-order chi connectivity index (χ1) is 8.99. The molecule has 0 radical (unpaired) electrons. The normalized spacial score (nSPS) is 12.9. The number of imidazole rings is 1. The van der Waals surface area contributed by atoms with Crippen molar-refractivity contribution in [1.29, 1.82) is 0 Å². The lowest BCUT2D eigenvalue weighted by Gasteiger charge is -2.13. The average Bonchev–Trinajstić information content (AvgIpc) is 2.71. The molecule has 0 aliphatic carbocycles. The molecule has 1 N–H and O–H groups in total. The molecule has 2 aromatic rings. The van der Waals surface area contributed by atoms with E-state index in [0.717, 1.165) is 5.56 Å². The number of hydrogen-bond acceptors (Lipinski definition) is 2. The van der Waals surface area contributed by atoms with E-state index >= 15 is 0 Å². The number of aromatic nitrogens is 2. The summed E-state index contributed by atoms with van der Waals surface area (Å²) in [4.78, 5) is 11.7. The van der Waals surface area contributed by atoms with Gasteiger partial charge in [-0.05, 0) is 17.0 Å². The number of aliphatic hydroxyl groups is 1. The Morgan fingerprint density at radius 1 is 1.11 bits per heavy atom. The van der Waals surface area contributed by atoms with Crippen molar-refractivity contribution in [2.45, 2.75) is 32.4 Å². The van der Waals surface area contributed by atoms with Gasteiger partial charge in [-0.15, -0.1) is 0 Å². The first-order valence-electron chi connectivity index (χ1n) is 6.48. The Morgan fingerprint density at radius 3 is 2.16 bits per heavy atom. The lowest BCUT2D eigenvalue weighted by atomic mass is 10.00. The van der Waals surface area contributed by atoms with Gasteiger partial charge < -0.3 is 9.67 Å². The smallest absolute Gasteiger partial charge is 0.327 e. The van der Waals surface area contributed by atoms with E-state index in [-0.39, 0.29) is 12.2 Å². The van der Waals surface area contributed by atoms with Gasteiger partial charge in [-0.2, -0.15) is 0 Å². The Balaban J connectivity index is 2.13. The van der Waals surface area contributed by atoms with Crippen LogP contribution in [0.4, 0.5) is 0 Å². The molecule has 1 heterocycles. The van der Waals surface area contributed by atoms with E-state index in [1.165, 1.54) is 14.7 Å². The van der Waals surface area contributed by atoms with Crippen LogP contribution in [0.5, 0.6) is 0 Å². The van der Waals surface area contributed by atoms with Crippen LogP contribution in [0, 0.1) is 0 Å². The molecule has 2 rings (SSSR count). The molecule has 0 saturated carbocycles. The van der Waals surface area contributed by atoms with Crippen molar-refractivity contribution >= 4 is 0 Å². The van der Waals surface area contributed by atoms with Gasteiger partial charge in [-0.25, -0.2) is 4.79 Å². The number of aliphatic hydroxyl groups excluding tert-OH is 1. The van der Waals surface area contributed by atoms with Crippen LogP contribution in [0.15, 0.2) is 41.5 Å². The molecular weight excluding hydrogens is 240 g/mol. The molecule has 4 heteroatoms. The van der Waals surface area contributed by atoms with Gasteiger partial charge in [0.25, 0.3) is 0 Å². The zero-order chi connectivity index (χ0) is 14.0. The summed E-state index contributed by atoms with van der Waals surface area (Å²) in [6, 6.07) is 7.90. The third-order valence-corrected chi connectivity index (χ3v) is 3.38. The van der Waals surface area contributed by atoms with Crippen molar-refractivity contribution in [2.75, 3.05) is 0 Å². The summed E-state index contributed by atoms with van der Waals surface area (Å²) in [5.41, 5.74) is 1.96. The van der Waals surface area contributed by atoms with E-state index < -0.39 is 6.10 Å². The van der Waals surface area contributed by atoms with Crippen molar-refractivity contribution in [3.8, 4) is 0 Å². The van der Waals surface area contributed by atoms with Crippen LogP contribution >= 0.6 is 0 Å². The molecule has 4 nitrogen and oxygen atoms in total. The molecule has 0 fully saturated rings. The monoisotopic (exact) mass is 260 g/mol. The van der Waals surface area contributed by atoms with Crippen molar-refractivity contribution in [2.24, 2.45) is 7.05 Å². The summed E-state index contributed by atoms with van der Waals surface area (Å²) in [5.74, 6) is 0.475. The second-order valence-electron chi connectivity index (χ2n) is 5.18. The van der Waals surface area contributed by atoms with Gasteiger partial charge in [0.1, 0.15) is 0 Å². The molecule has 102 valence electrons. The molecule has 1 unspecified atom stereocenters. The fourth-order valence-electron chi connectivity index (χ4n) is 2.04. The maximum atomic E-state index is 11.7. The molecular formula is C15H20N2O2. The largest absolute Gasteiger partial charge is 0.387 e. The lowest BCUT2D eigenvalue weighted by Crippen LogP contribution is -2.24. The van der Waals surface area contributed by atoms with Crippen LogP contribution in [0.1, 0.15) is 37.0 Å². The van der Waals surface area contributed by atoms with Crippen LogP contribution in [-0.4, -0.2) is 14.2 Å². The highest BCUT2D eigenvalue weighted by Gasteiger charge is 2.11. The molecule has 0 bridgehead atoms. The summed E-state index contributed by atoms with van der Waals surface area (Å²) in [6.07, 6.45) is 2.71. The van der Waals surface area contributed by atoms with E-state index in [0.29, 0.717) is 5.92 Å². The highest BCUT2D eigenvalue weighted by molar-refractivity contribution is 5.26. The van der Waals surface area contributed by atoms with Gasteiger partial charge >= 0.3 is 5.69 Å². The topological polar surface area (TPSA) is 47.2 Å². The minimum absolute atomic E-state index is 0.113. The quantitative estimate of drug-likeness (QED) is 0.914. The Labute approximate surface area is 112 Å². The third-order valence-electron chi connectivity index (χ3n) is 3.38. The molecule has 0 saturated heterocycles. The van der Waals surface area contributed by atoms with Crippen LogP contribution in [0.2, 0.25) is 0 Å². The predicted molar refractivity (Wildman–Crippen MR) is 75.2 cm³/mol. The molecule has 0 aliphatic rings. The molecule has 0 spiro atoms. The minimum Gasteiger partial charge on any atom is -0.387 e. The standard InChI is InChI=1S/C15H20N2O2/c1-11(2)12-4-6-13(7-5-12)14(18)10-17-9-8-16(3)15(17)19/h4-9,11,14,18H,10H2,1-3H3. The summed E-state index contributed by atoms with van der Waals surface area (Å²) < 4.78 is 3.01. The number of benzene rings is 1. The number of rotatable bonds is 4. The van der Waals surface area contributed by atoms with Crippen molar-refractivity contribution < 1.29 is 5.11 Å². The van der Waals surface area contributed by atoms with E-state index in [1.807, 2.05) is 24.3 Å². The highest BCUT2D eigenvalue weighted by atomic mass is 16.3. The summed E-state index contributed by atoms with van der Waals surface area (Å²) in [7, 11) is 1.70. The number of hydrogen-bond donors (Lipinski definition) is 1. The number of aryl methyl sites for hydroxylation is 1. The Hall–Kier alpha value is -1.81. The van der Waals surface area contributed by atoms with Crippen LogP contribution in [-0.2, 0) is 13.6 Å². The molecule has 0 amide bonds. The fourth-order valence-corrected chi connectivity index (χ4v) is 2.04. The van der Waals surface area contributed by atoms with Gasteiger partial charge in [0, 0.05) is 19.4 Å². The van der Waals surface area contributed by atoms with Gasteiger partial charge in [-0.3, -0.25) is 4.57 Å². The Kier molecular flexibility index (Phi) is 3.90. The van der Waals surface area contributed by atoms with E-state index in [9.17, 15) is 9.90 Å². The maximum absolute atomic E-state index is 11.7. The van der Waals surface area contributed by atoms with E-state index in [2.05, 4.69) is 13.8 Å². The fraction of sp³-hybridized carbons (Fsp3) is 0.400. The van der Waals surface area contributed by atoms with Crippen molar-refractivity contribution in [3.63, 3.8) is 0 Å². The minimum atomic E-state index is -0.665.